The predicted octanol–water partition coefficient (Wildman–Crippen LogP) is 3.35. The molecule has 0 aliphatic carbocycles. The summed E-state index contributed by atoms with van der Waals surface area (Å²) in [4.78, 5) is 12.4. The molecule has 4 heteroatoms. The molecule has 0 bridgehead atoms. The van der Waals surface area contributed by atoms with E-state index in [9.17, 15) is 0 Å². The normalized spacial score (nSPS) is 10.6. The monoisotopic (exact) mass is 241 g/mol. The summed E-state index contributed by atoms with van der Waals surface area (Å²) in [6, 6.07) is 7.74. The lowest BCUT2D eigenvalue weighted by atomic mass is 10.1. The van der Waals surface area contributed by atoms with Crippen molar-refractivity contribution in [3.8, 4) is 11.3 Å². The number of rotatable bonds is 1. The van der Waals surface area contributed by atoms with Gasteiger partial charge in [0.25, 0.3) is 0 Å². The molecule has 0 unspecified atom stereocenters. The van der Waals surface area contributed by atoms with Gasteiger partial charge in [0.05, 0.1) is 5.69 Å². The van der Waals surface area contributed by atoms with Gasteiger partial charge in [0.1, 0.15) is 5.15 Å². The summed E-state index contributed by atoms with van der Waals surface area (Å²) in [5.41, 5.74) is 1.84. The van der Waals surface area contributed by atoms with E-state index in [1.165, 1.54) is 0 Å². The number of pyridine rings is 3. The highest BCUT2D eigenvalue weighted by atomic mass is 35.5. The van der Waals surface area contributed by atoms with E-state index in [-0.39, 0.29) is 0 Å². The van der Waals surface area contributed by atoms with Crippen LogP contribution in [0, 0.1) is 0 Å². The summed E-state index contributed by atoms with van der Waals surface area (Å²) in [7, 11) is 0. The Bertz CT molecular complexity index is 668. The van der Waals surface area contributed by atoms with Crippen molar-refractivity contribution >= 4 is 22.4 Å². The minimum Gasteiger partial charge on any atom is -0.265 e. The molecule has 0 aromatic carbocycles. The van der Waals surface area contributed by atoms with Crippen molar-refractivity contribution in [2.24, 2.45) is 0 Å². The molecule has 0 aliphatic heterocycles. The van der Waals surface area contributed by atoms with Gasteiger partial charge in [0.2, 0.25) is 0 Å². The fraction of sp³-hybridized carbons (Fsp3) is 0. The minimum atomic E-state index is 0.474. The lowest BCUT2D eigenvalue weighted by molar-refractivity contribution is 1.29. The largest absolute Gasteiger partial charge is 0.265 e. The van der Waals surface area contributed by atoms with Crippen LogP contribution < -0.4 is 0 Å². The van der Waals surface area contributed by atoms with E-state index in [2.05, 4.69) is 15.0 Å². The molecule has 3 aromatic heterocycles. The third-order valence-electron chi connectivity index (χ3n) is 2.56. The molecule has 3 aromatic rings. The van der Waals surface area contributed by atoms with Crippen LogP contribution in [0.25, 0.3) is 22.0 Å². The molecule has 0 aliphatic rings. The Morgan fingerprint density at radius 2 is 1.71 bits per heavy atom. The van der Waals surface area contributed by atoms with Crippen LogP contribution in [0.15, 0.2) is 49.1 Å². The second kappa shape index (κ2) is 4.11. The quantitative estimate of drug-likeness (QED) is 0.614. The second-order valence-corrected chi connectivity index (χ2v) is 3.99. The van der Waals surface area contributed by atoms with Gasteiger partial charge in [-0.25, -0.2) is 4.98 Å². The molecular formula is C13H8ClN3. The van der Waals surface area contributed by atoms with Crippen LogP contribution in [0.4, 0.5) is 0 Å². The summed E-state index contributed by atoms with van der Waals surface area (Å²) in [6.07, 6.45) is 6.94. The Morgan fingerprint density at radius 3 is 2.53 bits per heavy atom. The van der Waals surface area contributed by atoms with Crippen LogP contribution in [0.2, 0.25) is 5.15 Å². The van der Waals surface area contributed by atoms with Crippen LogP contribution in [0.1, 0.15) is 0 Å². The van der Waals surface area contributed by atoms with Gasteiger partial charge in [-0.15, -0.1) is 0 Å². The van der Waals surface area contributed by atoms with Crippen molar-refractivity contribution in [2.75, 3.05) is 0 Å². The molecule has 0 spiro atoms. The molecule has 82 valence electrons. The van der Waals surface area contributed by atoms with E-state index < -0.39 is 0 Å². The van der Waals surface area contributed by atoms with Crippen LogP contribution in [-0.4, -0.2) is 15.0 Å². The van der Waals surface area contributed by atoms with Gasteiger partial charge >= 0.3 is 0 Å². The van der Waals surface area contributed by atoms with Crippen LogP contribution in [-0.2, 0) is 0 Å². The Hall–Kier alpha value is -2.00. The smallest absolute Gasteiger partial charge is 0.139 e. The van der Waals surface area contributed by atoms with Crippen molar-refractivity contribution < 1.29 is 0 Å². The van der Waals surface area contributed by atoms with Crippen LogP contribution >= 0.6 is 11.6 Å². The minimum absolute atomic E-state index is 0.474. The van der Waals surface area contributed by atoms with Gasteiger partial charge in [-0.2, -0.15) is 0 Å². The van der Waals surface area contributed by atoms with Crippen molar-refractivity contribution in [3.05, 3.63) is 54.2 Å². The van der Waals surface area contributed by atoms with Gasteiger partial charge in [0.15, 0.2) is 0 Å². The third kappa shape index (κ3) is 1.85. The number of fused-ring (bicyclic) bond motifs is 1. The molecule has 0 atom stereocenters. The maximum atomic E-state index is 6.15. The van der Waals surface area contributed by atoms with Crippen LogP contribution in [0.3, 0.4) is 0 Å². The summed E-state index contributed by atoms with van der Waals surface area (Å²) >= 11 is 6.15. The van der Waals surface area contributed by atoms with Gasteiger partial charge in [-0.1, -0.05) is 11.6 Å². The van der Waals surface area contributed by atoms with Gasteiger partial charge in [-0.3, -0.25) is 9.97 Å². The topological polar surface area (TPSA) is 38.7 Å². The first-order valence-electron chi connectivity index (χ1n) is 5.15. The first-order valence-corrected chi connectivity index (χ1v) is 5.53. The highest BCUT2D eigenvalue weighted by Gasteiger charge is 2.05. The Balaban J connectivity index is 2.26. The number of hydrogen-bond donors (Lipinski definition) is 0. The average Bonchev–Trinajstić information content (AvgIpc) is 2.40. The highest BCUT2D eigenvalue weighted by Crippen LogP contribution is 2.26. The number of nitrogens with zero attached hydrogens (tertiary/aromatic N) is 3. The van der Waals surface area contributed by atoms with Crippen molar-refractivity contribution in [3.63, 3.8) is 0 Å². The van der Waals surface area contributed by atoms with Crippen LogP contribution in [0.5, 0.6) is 0 Å². The molecule has 0 N–H and O–H groups in total. The molecule has 3 rings (SSSR count). The van der Waals surface area contributed by atoms with E-state index in [0.29, 0.717) is 5.15 Å². The molecular weight excluding hydrogens is 234 g/mol. The second-order valence-electron chi connectivity index (χ2n) is 3.63. The zero-order chi connectivity index (χ0) is 11.7. The van der Waals surface area contributed by atoms with E-state index in [4.69, 9.17) is 11.6 Å². The van der Waals surface area contributed by atoms with Gasteiger partial charge in [0, 0.05) is 35.7 Å². The first kappa shape index (κ1) is 10.2. The summed E-state index contributed by atoms with van der Waals surface area (Å²) in [6.45, 7) is 0. The maximum absolute atomic E-state index is 6.15. The van der Waals surface area contributed by atoms with Gasteiger partial charge in [-0.05, 0) is 29.7 Å². The van der Waals surface area contributed by atoms with E-state index in [1.54, 1.807) is 24.8 Å². The number of aromatic nitrogens is 3. The zero-order valence-corrected chi connectivity index (χ0v) is 9.59. The lowest BCUT2D eigenvalue weighted by Crippen LogP contribution is -1.87. The maximum Gasteiger partial charge on any atom is 0.139 e. The van der Waals surface area contributed by atoms with Gasteiger partial charge < -0.3 is 0 Å². The molecule has 0 saturated carbocycles. The zero-order valence-electron chi connectivity index (χ0n) is 8.84. The number of halogens is 1. The fourth-order valence-electron chi connectivity index (χ4n) is 1.72. The number of hydrogen-bond acceptors (Lipinski definition) is 3. The Morgan fingerprint density at radius 1 is 0.941 bits per heavy atom. The molecule has 17 heavy (non-hydrogen) atoms. The summed E-state index contributed by atoms with van der Waals surface area (Å²) in [5.74, 6) is 0. The van der Waals surface area contributed by atoms with Crippen molar-refractivity contribution in [1.82, 2.24) is 15.0 Å². The molecule has 0 amide bonds. The lowest BCUT2D eigenvalue weighted by Gasteiger charge is -2.04. The first-order chi connectivity index (χ1) is 8.34. The summed E-state index contributed by atoms with van der Waals surface area (Å²) < 4.78 is 0. The van der Waals surface area contributed by atoms with Crippen molar-refractivity contribution in [1.29, 1.82) is 0 Å². The highest BCUT2D eigenvalue weighted by molar-refractivity contribution is 6.34. The Kier molecular flexibility index (Phi) is 2.46. The van der Waals surface area contributed by atoms with E-state index >= 15 is 0 Å². The molecule has 3 heterocycles. The van der Waals surface area contributed by atoms with E-state index in [0.717, 1.165) is 22.0 Å². The average molecular weight is 242 g/mol. The molecule has 3 nitrogen and oxygen atoms in total. The van der Waals surface area contributed by atoms with Crippen molar-refractivity contribution in [2.45, 2.75) is 0 Å². The third-order valence-corrected chi connectivity index (χ3v) is 2.85. The SMILES string of the molecule is Clc1nc(-c2ccncc2)cc2ccncc12. The fourth-order valence-corrected chi connectivity index (χ4v) is 1.97. The molecule has 0 saturated heterocycles. The predicted molar refractivity (Wildman–Crippen MR) is 67.8 cm³/mol. The standard InChI is InChI=1S/C13H8ClN3/c14-13-11-8-16-6-3-10(11)7-12(17-13)9-1-4-15-5-2-9/h1-8H. The Labute approximate surface area is 103 Å². The molecule has 0 radical (unpaired) electrons. The van der Waals surface area contributed by atoms with E-state index in [1.807, 2.05) is 24.3 Å². The summed E-state index contributed by atoms with van der Waals surface area (Å²) in [5, 5.41) is 2.38. The molecule has 0 fully saturated rings.